The number of fused-ring (bicyclic) bond motifs is 11. The highest BCUT2D eigenvalue weighted by Gasteiger charge is 2.15. The van der Waals surface area contributed by atoms with Crippen LogP contribution in [-0.4, -0.2) is 39.9 Å². The number of aromatic nitrogens is 8. The van der Waals surface area contributed by atoms with Crippen LogP contribution in [0.1, 0.15) is 0 Å². The molecule has 8 nitrogen and oxygen atoms in total. The van der Waals surface area contributed by atoms with E-state index in [-0.39, 0.29) is 0 Å². The standard InChI is InChI=1S/C40H24N4.C36H22N4/c1-2-6-27-21-30(12-9-25(27)5-1)36-17-15-31-22-28(14-16-35(31)43-36)29-11-10-26-13-18-37(44-38(26)24-29)34-23-32-7-3-19-41-39(32)40-33(34)8-4-20-42-40;1-2-6-23(7-3-1)31-16-14-27-20-25(13-15-32(27)39-31)26-11-10-24-12-17-33(40-34(24)22-26)30-21-28-8-4-18-37-35(28)36-29(30)9-5-19-38-36/h1-24H;1-22H. The van der Waals surface area contributed by atoms with Gasteiger partial charge in [0.15, 0.2) is 0 Å². The van der Waals surface area contributed by atoms with E-state index in [0.717, 1.165) is 155 Å². The highest BCUT2D eigenvalue weighted by atomic mass is 14.8. The zero-order valence-corrected chi connectivity index (χ0v) is 45.1. The Labute approximate surface area is 482 Å². The van der Waals surface area contributed by atoms with Crippen molar-refractivity contribution in [2.24, 2.45) is 0 Å². The van der Waals surface area contributed by atoms with Gasteiger partial charge in [0.1, 0.15) is 0 Å². The van der Waals surface area contributed by atoms with Crippen LogP contribution in [-0.2, 0) is 0 Å². The third kappa shape index (κ3) is 8.83. The molecule has 8 aromatic heterocycles. The molecule has 0 N–H and O–H groups in total. The summed E-state index contributed by atoms with van der Waals surface area (Å²) in [5.74, 6) is 0. The minimum Gasteiger partial charge on any atom is -0.254 e. The normalized spacial score (nSPS) is 11.6. The van der Waals surface area contributed by atoms with Crippen LogP contribution in [0.4, 0.5) is 0 Å². The Kier molecular flexibility index (Phi) is 11.7. The van der Waals surface area contributed by atoms with Crippen LogP contribution in [0.25, 0.3) is 165 Å². The molecule has 0 bridgehead atoms. The Morgan fingerprint density at radius 1 is 0.190 bits per heavy atom. The van der Waals surface area contributed by atoms with Crippen molar-refractivity contribution in [2.75, 3.05) is 0 Å². The van der Waals surface area contributed by atoms with Gasteiger partial charge >= 0.3 is 0 Å². The number of pyridine rings is 8. The first-order chi connectivity index (χ1) is 41.6. The molecule has 0 amide bonds. The topological polar surface area (TPSA) is 103 Å². The summed E-state index contributed by atoms with van der Waals surface area (Å²) < 4.78 is 0. The summed E-state index contributed by atoms with van der Waals surface area (Å²) >= 11 is 0. The van der Waals surface area contributed by atoms with Crippen LogP contribution < -0.4 is 0 Å². The average molecular weight is 1070 g/mol. The number of hydrogen-bond acceptors (Lipinski definition) is 8. The first-order valence-electron chi connectivity index (χ1n) is 28.0. The summed E-state index contributed by atoms with van der Waals surface area (Å²) in [7, 11) is 0. The van der Waals surface area contributed by atoms with E-state index in [9.17, 15) is 0 Å². The number of rotatable bonds is 6. The van der Waals surface area contributed by atoms with Gasteiger partial charge in [0.25, 0.3) is 0 Å². The molecular formula is C76H46N8. The minimum absolute atomic E-state index is 0.893. The molecule has 17 rings (SSSR count). The van der Waals surface area contributed by atoms with Crippen molar-refractivity contribution in [1.29, 1.82) is 0 Å². The molecule has 0 spiro atoms. The predicted molar refractivity (Wildman–Crippen MR) is 345 cm³/mol. The largest absolute Gasteiger partial charge is 0.254 e. The Balaban J connectivity index is 0.000000138. The number of nitrogens with zero attached hydrogens (tertiary/aromatic N) is 8. The van der Waals surface area contributed by atoms with Gasteiger partial charge in [0.2, 0.25) is 0 Å². The zero-order valence-electron chi connectivity index (χ0n) is 45.1. The lowest BCUT2D eigenvalue weighted by Gasteiger charge is -2.11. The van der Waals surface area contributed by atoms with Crippen LogP contribution in [0.3, 0.4) is 0 Å². The highest BCUT2D eigenvalue weighted by molar-refractivity contribution is 6.11. The fraction of sp³-hybridized carbons (Fsp3) is 0. The second kappa shape index (κ2) is 20.3. The van der Waals surface area contributed by atoms with Crippen molar-refractivity contribution < 1.29 is 0 Å². The van der Waals surface area contributed by atoms with E-state index >= 15 is 0 Å². The Morgan fingerprint density at radius 2 is 0.571 bits per heavy atom. The number of benzene rings is 9. The average Bonchev–Trinajstić information content (AvgIpc) is 3.16. The summed E-state index contributed by atoms with van der Waals surface area (Å²) in [5, 5.41) is 11.1. The van der Waals surface area contributed by atoms with Gasteiger partial charge in [-0.05, 0) is 136 Å². The zero-order chi connectivity index (χ0) is 55.5. The number of hydrogen-bond donors (Lipinski definition) is 0. The van der Waals surface area contributed by atoms with Gasteiger partial charge in [-0.15, -0.1) is 0 Å². The lowest BCUT2D eigenvalue weighted by molar-refractivity contribution is 1.36. The molecule has 8 heteroatoms. The van der Waals surface area contributed by atoms with E-state index in [2.05, 4.69) is 232 Å². The van der Waals surface area contributed by atoms with E-state index in [4.69, 9.17) is 19.9 Å². The predicted octanol–water partition coefficient (Wildman–Crippen LogP) is 18.9. The second-order valence-corrected chi connectivity index (χ2v) is 21.1. The molecular weight excluding hydrogens is 1020 g/mol. The summed E-state index contributed by atoms with van der Waals surface area (Å²) in [6.07, 6.45) is 7.28. The van der Waals surface area contributed by atoms with Gasteiger partial charge in [-0.3, -0.25) is 19.9 Å². The van der Waals surface area contributed by atoms with Crippen LogP contribution in [0.15, 0.2) is 280 Å². The molecule has 0 atom stereocenters. The van der Waals surface area contributed by atoms with Crippen LogP contribution >= 0.6 is 0 Å². The van der Waals surface area contributed by atoms with Gasteiger partial charge in [-0.25, -0.2) is 19.9 Å². The van der Waals surface area contributed by atoms with Crippen molar-refractivity contribution in [3.05, 3.63) is 280 Å². The lowest BCUT2D eigenvalue weighted by atomic mass is 9.99. The van der Waals surface area contributed by atoms with E-state index in [1.807, 2.05) is 67.3 Å². The van der Waals surface area contributed by atoms with Crippen LogP contribution in [0.5, 0.6) is 0 Å². The summed E-state index contributed by atoms with van der Waals surface area (Å²) in [6, 6.07) is 88.7. The molecule has 0 radical (unpaired) electrons. The highest BCUT2D eigenvalue weighted by Crippen LogP contribution is 2.37. The fourth-order valence-electron chi connectivity index (χ4n) is 11.8. The SMILES string of the molecule is c1ccc(-c2ccc3cc(-c4ccc5ccc(-c6cc7cccnc7c7ncccc67)nc5c4)ccc3n2)cc1.c1ccc2cc(-c3ccc4cc(-c5ccc6ccc(-c7cc8cccnc8c8ncccc78)nc6c5)ccc4n3)ccc2c1. The molecule has 0 fully saturated rings. The van der Waals surface area contributed by atoms with Gasteiger partial charge < -0.3 is 0 Å². The maximum absolute atomic E-state index is 5.16. The molecule has 84 heavy (non-hydrogen) atoms. The first-order valence-corrected chi connectivity index (χ1v) is 28.0. The minimum atomic E-state index is 0.893. The third-order valence-corrected chi connectivity index (χ3v) is 16.0. The summed E-state index contributed by atoms with van der Waals surface area (Å²) in [5.41, 5.74) is 20.2. The first kappa shape index (κ1) is 48.4. The van der Waals surface area contributed by atoms with Crippen molar-refractivity contribution in [3.8, 4) is 67.3 Å². The molecule has 0 aliphatic rings. The van der Waals surface area contributed by atoms with Crippen molar-refractivity contribution in [2.45, 2.75) is 0 Å². The fourth-order valence-corrected chi connectivity index (χ4v) is 11.8. The quantitative estimate of drug-likeness (QED) is 0.152. The molecule has 0 aliphatic heterocycles. The summed E-state index contributed by atoms with van der Waals surface area (Å²) in [6.45, 7) is 0. The van der Waals surface area contributed by atoms with E-state index < -0.39 is 0 Å². The van der Waals surface area contributed by atoms with E-state index in [1.165, 1.54) is 10.8 Å². The van der Waals surface area contributed by atoms with E-state index in [0.29, 0.717) is 0 Å². The molecule has 9 aromatic carbocycles. The van der Waals surface area contributed by atoms with Crippen molar-refractivity contribution >= 4 is 98.0 Å². The lowest BCUT2D eigenvalue weighted by Crippen LogP contribution is -1.91. The third-order valence-electron chi connectivity index (χ3n) is 16.0. The molecule has 0 aliphatic carbocycles. The van der Waals surface area contributed by atoms with Crippen molar-refractivity contribution in [3.63, 3.8) is 0 Å². The molecule has 0 saturated carbocycles. The van der Waals surface area contributed by atoms with Crippen molar-refractivity contribution in [1.82, 2.24) is 39.9 Å². The second-order valence-electron chi connectivity index (χ2n) is 21.1. The van der Waals surface area contributed by atoms with Crippen LogP contribution in [0, 0.1) is 0 Å². The molecule has 0 saturated heterocycles. The summed E-state index contributed by atoms with van der Waals surface area (Å²) in [4.78, 5) is 38.7. The Morgan fingerprint density at radius 3 is 1.13 bits per heavy atom. The molecule has 0 unspecified atom stereocenters. The smallest absolute Gasteiger partial charge is 0.0971 e. The van der Waals surface area contributed by atoms with E-state index in [1.54, 1.807) is 0 Å². The van der Waals surface area contributed by atoms with Crippen LogP contribution in [0.2, 0.25) is 0 Å². The Bertz CT molecular complexity index is 5470. The molecule has 8 heterocycles. The van der Waals surface area contributed by atoms with Gasteiger partial charge in [0, 0.05) is 90.1 Å². The molecule has 17 aromatic rings. The van der Waals surface area contributed by atoms with Gasteiger partial charge in [0.05, 0.1) is 66.9 Å². The monoisotopic (exact) mass is 1070 g/mol. The van der Waals surface area contributed by atoms with Gasteiger partial charge in [-0.2, -0.15) is 0 Å². The Hall–Kier alpha value is -11.5. The van der Waals surface area contributed by atoms with Gasteiger partial charge in [-0.1, -0.05) is 152 Å². The maximum atomic E-state index is 5.16. The maximum Gasteiger partial charge on any atom is 0.0971 e. The molecule has 390 valence electrons.